The summed E-state index contributed by atoms with van der Waals surface area (Å²) in [4.78, 5) is 0. The smallest absolute Gasteiger partial charge is 0.0688 e. The molecule has 0 saturated carbocycles. The number of nitrogens with two attached hydrogens (primary N) is 1. The van der Waals surface area contributed by atoms with E-state index < -0.39 is 0 Å². The minimum atomic E-state index is -0.313. The minimum Gasteiger partial charge on any atom is -0.392 e. The second-order valence-corrected chi connectivity index (χ2v) is 5.39. The Kier molecular flexibility index (Phi) is 12.9. The second-order valence-electron chi connectivity index (χ2n) is 5.39. The van der Waals surface area contributed by atoms with Crippen LogP contribution >= 0.6 is 0 Å². The maximum atomic E-state index is 9.54. The Morgan fingerprint density at radius 2 is 1.50 bits per heavy atom. The molecule has 0 radical (unpaired) electrons. The third kappa shape index (κ3) is 12.1. The third-order valence-electron chi connectivity index (χ3n) is 3.37. The second kappa shape index (κ2) is 13.1. The fourth-order valence-electron chi connectivity index (χ4n) is 1.97. The van der Waals surface area contributed by atoms with Crippen LogP contribution in [0.4, 0.5) is 0 Å². The molecule has 0 heterocycles. The molecule has 0 aromatic carbocycles. The van der Waals surface area contributed by atoms with Gasteiger partial charge in [0, 0.05) is 6.04 Å². The van der Waals surface area contributed by atoms with Crippen molar-refractivity contribution < 1.29 is 5.11 Å². The fraction of sp³-hybridized carbons (Fsp3) is 0.875. The Balaban J connectivity index is 3.14. The molecule has 0 saturated heterocycles. The summed E-state index contributed by atoms with van der Waals surface area (Å²) >= 11 is 0. The fourth-order valence-corrected chi connectivity index (χ4v) is 1.97. The van der Waals surface area contributed by atoms with Gasteiger partial charge in [-0.25, -0.2) is 0 Å². The van der Waals surface area contributed by atoms with E-state index in [-0.39, 0.29) is 12.1 Å². The maximum absolute atomic E-state index is 9.54. The van der Waals surface area contributed by atoms with E-state index in [4.69, 9.17) is 5.73 Å². The van der Waals surface area contributed by atoms with Crippen molar-refractivity contribution in [2.75, 3.05) is 0 Å². The van der Waals surface area contributed by atoms with Crippen molar-refractivity contribution in [2.45, 2.75) is 90.2 Å². The Morgan fingerprint density at radius 1 is 0.944 bits per heavy atom. The summed E-state index contributed by atoms with van der Waals surface area (Å²) in [6.07, 6.45) is 16.5. The molecule has 2 atom stereocenters. The molecule has 0 fully saturated rings. The van der Waals surface area contributed by atoms with Gasteiger partial charge in [-0.2, -0.15) is 0 Å². The molecule has 18 heavy (non-hydrogen) atoms. The highest BCUT2D eigenvalue weighted by molar-refractivity contribution is 4.81. The highest BCUT2D eigenvalue weighted by Gasteiger charge is 2.07. The van der Waals surface area contributed by atoms with Crippen molar-refractivity contribution >= 4 is 0 Å². The van der Waals surface area contributed by atoms with Gasteiger partial charge in [-0.15, -0.1) is 0 Å². The van der Waals surface area contributed by atoms with Gasteiger partial charge in [-0.1, -0.05) is 57.6 Å². The number of aliphatic hydroxyl groups excluding tert-OH is 1. The zero-order valence-corrected chi connectivity index (χ0v) is 12.4. The number of rotatable bonds is 12. The predicted octanol–water partition coefficient (Wildman–Crippen LogP) is 4.17. The van der Waals surface area contributed by atoms with Crippen molar-refractivity contribution in [1.82, 2.24) is 0 Å². The lowest BCUT2D eigenvalue weighted by molar-refractivity contribution is 0.138. The lowest BCUT2D eigenvalue weighted by Crippen LogP contribution is -2.31. The SMILES string of the molecule is CCCC/C=C/CCCCCCC[C@@H](O)[C@H](C)N. The van der Waals surface area contributed by atoms with Crippen LogP contribution in [0.1, 0.15) is 78.1 Å². The number of allylic oxidation sites excluding steroid dienone is 2. The first-order valence-electron chi connectivity index (χ1n) is 7.77. The molecule has 0 aliphatic heterocycles. The van der Waals surface area contributed by atoms with E-state index in [1.54, 1.807) is 0 Å². The molecule has 2 nitrogen and oxygen atoms in total. The summed E-state index contributed by atoms with van der Waals surface area (Å²) in [5, 5.41) is 9.54. The molecule has 2 heteroatoms. The largest absolute Gasteiger partial charge is 0.392 e. The van der Waals surface area contributed by atoms with Crippen molar-refractivity contribution in [3.05, 3.63) is 12.2 Å². The topological polar surface area (TPSA) is 46.2 Å². The van der Waals surface area contributed by atoms with Gasteiger partial charge in [0.1, 0.15) is 0 Å². The van der Waals surface area contributed by atoms with E-state index in [2.05, 4.69) is 19.1 Å². The van der Waals surface area contributed by atoms with Crippen LogP contribution in [0.2, 0.25) is 0 Å². The number of unbranched alkanes of at least 4 members (excludes halogenated alkanes) is 7. The van der Waals surface area contributed by atoms with Crippen LogP contribution in [0.15, 0.2) is 12.2 Å². The normalized spacial score (nSPS) is 15.1. The molecular formula is C16H33NO. The van der Waals surface area contributed by atoms with Gasteiger partial charge < -0.3 is 10.8 Å². The van der Waals surface area contributed by atoms with Gasteiger partial charge in [0.2, 0.25) is 0 Å². The van der Waals surface area contributed by atoms with Gasteiger partial charge in [0.15, 0.2) is 0 Å². The average Bonchev–Trinajstić information content (AvgIpc) is 2.35. The summed E-state index contributed by atoms with van der Waals surface area (Å²) in [6.45, 7) is 4.10. The highest BCUT2D eigenvalue weighted by Crippen LogP contribution is 2.10. The number of hydrogen-bond acceptors (Lipinski definition) is 2. The lowest BCUT2D eigenvalue weighted by atomic mass is 10.0. The van der Waals surface area contributed by atoms with Gasteiger partial charge in [0.05, 0.1) is 6.10 Å². The molecule has 0 aromatic heterocycles. The van der Waals surface area contributed by atoms with Crippen molar-refractivity contribution in [3.8, 4) is 0 Å². The lowest BCUT2D eigenvalue weighted by Gasteiger charge is -2.13. The van der Waals surface area contributed by atoms with Gasteiger partial charge in [-0.3, -0.25) is 0 Å². The van der Waals surface area contributed by atoms with Crippen LogP contribution in [0.25, 0.3) is 0 Å². The first kappa shape index (κ1) is 17.7. The van der Waals surface area contributed by atoms with E-state index in [9.17, 15) is 5.11 Å². The maximum Gasteiger partial charge on any atom is 0.0688 e. The summed E-state index contributed by atoms with van der Waals surface area (Å²) in [6, 6.07) is -0.0849. The molecule has 0 aliphatic carbocycles. The van der Waals surface area contributed by atoms with Gasteiger partial charge >= 0.3 is 0 Å². The molecule has 0 aromatic rings. The molecule has 0 rings (SSSR count). The van der Waals surface area contributed by atoms with Crippen LogP contribution in [0, 0.1) is 0 Å². The Labute approximate surface area is 114 Å². The van der Waals surface area contributed by atoms with Crippen molar-refractivity contribution in [1.29, 1.82) is 0 Å². The van der Waals surface area contributed by atoms with Crippen molar-refractivity contribution in [3.63, 3.8) is 0 Å². The van der Waals surface area contributed by atoms with Crippen molar-refractivity contribution in [2.24, 2.45) is 5.73 Å². The molecule has 3 N–H and O–H groups in total. The van der Waals surface area contributed by atoms with Crippen LogP contribution in [-0.2, 0) is 0 Å². The van der Waals surface area contributed by atoms with Crippen LogP contribution in [0.3, 0.4) is 0 Å². The summed E-state index contributed by atoms with van der Waals surface area (Å²) in [7, 11) is 0. The zero-order chi connectivity index (χ0) is 13.6. The van der Waals surface area contributed by atoms with Crippen LogP contribution < -0.4 is 5.73 Å². The number of hydrogen-bond donors (Lipinski definition) is 2. The number of aliphatic hydroxyl groups is 1. The average molecular weight is 255 g/mol. The monoisotopic (exact) mass is 255 g/mol. The summed E-state index contributed by atoms with van der Waals surface area (Å²) < 4.78 is 0. The van der Waals surface area contributed by atoms with E-state index in [1.165, 1.54) is 51.4 Å². The molecular weight excluding hydrogens is 222 g/mol. The van der Waals surface area contributed by atoms with E-state index >= 15 is 0 Å². The first-order valence-corrected chi connectivity index (χ1v) is 7.77. The van der Waals surface area contributed by atoms with E-state index in [0.717, 1.165) is 12.8 Å². The quantitative estimate of drug-likeness (QED) is 0.406. The summed E-state index contributed by atoms with van der Waals surface area (Å²) in [5.74, 6) is 0. The predicted molar refractivity (Wildman–Crippen MR) is 80.6 cm³/mol. The molecule has 0 bridgehead atoms. The molecule has 0 unspecified atom stereocenters. The Bertz CT molecular complexity index is 190. The zero-order valence-electron chi connectivity index (χ0n) is 12.4. The molecule has 108 valence electrons. The standard InChI is InChI=1S/C16H33NO/c1-3-4-5-6-7-8-9-10-11-12-13-14-16(18)15(2)17/h6-7,15-16,18H,3-5,8-14,17H2,1-2H3/b7-6+/t15-,16+/m0/s1. The van der Waals surface area contributed by atoms with E-state index in [1.807, 2.05) is 6.92 Å². The van der Waals surface area contributed by atoms with Gasteiger partial charge in [-0.05, 0) is 32.6 Å². The third-order valence-corrected chi connectivity index (χ3v) is 3.37. The summed E-state index contributed by atoms with van der Waals surface area (Å²) in [5.41, 5.74) is 5.61. The Hall–Kier alpha value is -0.340. The van der Waals surface area contributed by atoms with E-state index in [0.29, 0.717) is 0 Å². The van der Waals surface area contributed by atoms with Crippen LogP contribution in [0.5, 0.6) is 0 Å². The molecule has 0 spiro atoms. The highest BCUT2D eigenvalue weighted by atomic mass is 16.3. The Morgan fingerprint density at radius 3 is 2.11 bits per heavy atom. The van der Waals surface area contributed by atoms with Gasteiger partial charge in [0.25, 0.3) is 0 Å². The first-order chi connectivity index (χ1) is 8.68. The minimum absolute atomic E-state index is 0.0849. The molecule has 0 amide bonds. The molecule has 0 aliphatic rings. The van der Waals surface area contributed by atoms with Crippen LogP contribution in [-0.4, -0.2) is 17.3 Å².